The summed E-state index contributed by atoms with van der Waals surface area (Å²) >= 11 is 0. The lowest BCUT2D eigenvalue weighted by Gasteiger charge is -2.02. The van der Waals surface area contributed by atoms with Crippen molar-refractivity contribution >= 4 is 16.9 Å². The third-order valence-corrected chi connectivity index (χ3v) is 5.01. The van der Waals surface area contributed by atoms with Gasteiger partial charge in [-0.15, -0.1) is 0 Å². The van der Waals surface area contributed by atoms with Gasteiger partial charge in [-0.1, -0.05) is 38.1 Å². The SMILES string of the molecule is CCc1ccc(CC)c2oc(-c3ccc(-c4ccc(C(=O)O)cc4)[nH]3)cc12. The second kappa shape index (κ2) is 6.80. The molecule has 0 fully saturated rings. The highest BCUT2D eigenvalue weighted by Crippen LogP contribution is 2.33. The van der Waals surface area contributed by atoms with Crippen LogP contribution in [0.5, 0.6) is 0 Å². The smallest absolute Gasteiger partial charge is 0.335 e. The van der Waals surface area contributed by atoms with E-state index in [1.807, 2.05) is 24.3 Å². The molecule has 136 valence electrons. The Balaban J connectivity index is 1.73. The van der Waals surface area contributed by atoms with Crippen LogP contribution in [0.2, 0.25) is 0 Å². The lowest BCUT2D eigenvalue weighted by atomic mass is 10.0. The van der Waals surface area contributed by atoms with E-state index in [4.69, 9.17) is 9.52 Å². The number of aromatic amines is 1. The standard InChI is InChI=1S/C23H21NO3/c1-3-14-5-6-15(4-2)22-18(14)13-21(27-22)20-12-11-19(24-20)16-7-9-17(10-8-16)23(25)26/h5-13,24H,3-4H2,1-2H3,(H,25,26). The van der Waals surface area contributed by atoms with Gasteiger partial charge in [0.15, 0.2) is 5.76 Å². The topological polar surface area (TPSA) is 66.2 Å². The van der Waals surface area contributed by atoms with Gasteiger partial charge in [0.2, 0.25) is 0 Å². The average Bonchev–Trinajstić information content (AvgIpc) is 3.34. The van der Waals surface area contributed by atoms with Crippen molar-refractivity contribution in [2.45, 2.75) is 26.7 Å². The predicted molar refractivity (Wildman–Crippen MR) is 107 cm³/mol. The van der Waals surface area contributed by atoms with Crippen LogP contribution in [0.4, 0.5) is 0 Å². The number of carboxylic acid groups (broad SMARTS) is 1. The third kappa shape index (κ3) is 3.04. The minimum atomic E-state index is -0.922. The minimum absolute atomic E-state index is 0.280. The molecule has 2 aromatic heterocycles. The summed E-state index contributed by atoms with van der Waals surface area (Å²) in [6, 6.07) is 17.3. The number of fused-ring (bicyclic) bond motifs is 1. The van der Waals surface area contributed by atoms with E-state index in [-0.39, 0.29) is 5.56 Å². The number of carboxylic acids is 1. The fourth-order valence-corrected chi connectivity index (χ4v) is 3.45. The van der Waals surface area contributed by atoms with Gasteiger partial charge in [0.05, 0.1) is 11.3 Å². The number of hydrogen-bond acceptors (Lipinski definition) is 2. The maximum absolute atomic E-state index is 11.0. The zero-order valence-electron chi connectivity index (χ0n) is 15.4. The number of aromatic carboxylic acids is 1. The lowest BCUT2D eigenvalue weighted by molar-refractivity contribution is 0.0697. The van der Waals surface area contributed by atoms with Crippen LogP contribution in [0.15, 0.2) is 59.0 Å². The summed E-state index contributed by atoms with van der Waals surface area (Å²) in [6.45, 7) is 4.29. The van der Waals surface area contributed by atoms with Crippen molar-refractivity contribution in [3.63, 3.8) is 0 Å². The van der Waals surface area contributed by atoms with E-state index in [0.717, 1.165) is 41.1 Å². The normalized spacial score (nSPS) is 11.2. The number of H-pyrrole nitrogens is 1. The molecule has 0 aliphatic carbocycles. The number of nitrogens with one attached hydrogen (secondary N) is 1. The van der Waals surface area contributed by atoms with Crippen LogP contribution >= 0.6 is 0 Å². The van der Waals surface area contributed by atoms with Crippen LogP contribution in [0.3, 0.4) is 0 Å². The maximum atomic E-state index is 11.0. The fourth-order valence-electron chi connectivity index (χ4n) is 3.45. The van der Waals surface area contributed by atoms with Crippen molar-refractivity contribution < 1.29 is 14.3 Å². The van der Waals surface area contributed by atoms with Crippen molar-refractivity contribution in [1.29, 1.82) is 0 Å². The molecule has 2 heterocycles. The number of aryl methyl sites for hydroxylation is 2. The number of hydrogen-bond donors (Lipinski definition) is 2. The van der Waals surface area contributed by atoms with E-state index in [0.29, 0.717) is 0 Å². The summed E-state index contributed by atoms with van der Waals surface area (Å²) in [6.07, 6.45) is 1.89. The highest BCUT2D eigenvalue weighted by atomic mass is 16.4. The Hall–Kier alpha value is -3.27. The summed E-state index contributed by atoms with van der Waals surface area (Å²) in [5, 5.41) is 10.2. The van der Waals surface area contributed by atoms with Crippen molar-refractivity contribution in [1.82, 2.24) is 4.98 Å². The Morgan fingerprint density at radius 1 is 0.926 bits per heavy atom. The molecule has 2 aromatic carbocycles. The molecule has 4 nitrogen and oxygen atoms in total. The molecule has 0 aliphatic rings. The second-order valence-electron chi connectivity index (χ2n) is 6.61. The molecule has 0 aliphatic heterocycles. The van der Waals surface area contributed by atoms with Gasteiger partial charge in [0.1, 0.15) is 5.58 Å². The number of aromatic nitrogens is 1. The van der Waals surface area contributed by atoms with Gasteiger partial charge >= 0.3 is 5.97 Å². The number of benzene rings is 2. The molecule has 0 bridgehead atoms. The van der Waals surface area contributed by atoms with Crippen molar-refractivity contribution in [2.75, 3.05) is 0 Å². The monoisotopic (exact) mass is 359 g/mol. The molecule has 0 atom stereocenters. The Morgan fingerprint density at radius 2 is 1.59 bits per heavy atom. The molecule has 0 radical (unpaired) electrons. The molecule has 4 aromatic rings. The Labute approximate surface area is 157 Å². The zero-order valence-corrected chi connectivity index (χ0v) is 15.4. The number of furan rings is 1. The highest BCUT2D eigenvalue weighted by molar-refractivity contribution is 5.89. The quantitative estimate of drug-likeness (QED) is 0.465. The molecule has 27 heavy (non-hydrogen) atoms. The van der Waals surface area contributed by atoms with Crippen LogP contribution in [0.1, 0.15) is 35.3 Å². The van der Waals surface area contributed by atoms with E-state index < -0.39 is 5.97 Å². The van der Waals surface area contributed by atoms with Gasteiger partial charge < -0.3 is 14.5 Å². The lowest BCUT2D eigenvalue weighted by Crippen LogP contribution is -1.94. The molecular weight excluding hydrogens is 338 g/mol. The molecule has 0 spiro atoms. The molecule has 2 N–H and O–H groups in total. The van der Waals surface area contributed by atoms with Crippen molar-refractivity contribution in [2.24, 2.45) is 0 Å². The third-order valence-electron chi connectivity index (χ3n) is 5.01. The van der Waals surface area contributed by atoms with E-state index in [1.54, 1.807) is 12.1 Å². The maximum Gasteiger partial charge on any atom is 0.335 e. The van der Waals surface area contributed by atoms with Crippen LogP contribution in [-0.2, 0) is 12.8 Å². The molecular formula is C23H21NO3. The first-order valence-electron chi connectivity index (χ1n) is 9.18. The largest absolute Gasteiger partial charge is 0.478 e. The first kappa shape index (κ1) is 17.2. The van der Waals surface area contributed by atoms with Crippen molar-refractivity contribution in [3.8, 4) is 22.7 Å². The van der Waals surface area contributed by atoms with Crippen molar-refractivity contribution in [3.05, 3.63) is 71.3 Å². The molecule has 0 amide bonds. The summed E-state index contributed by atoms with van der Waals surface area (Å²) in [7, 11) is 0. The molecule has 4 heteroatoms. The molecule has 0 saturated carbocycles. The Kier molecular flexibility index (Phi) is 4.32. The van der Waals surface area contributed by atoms with Gasteiger partial charge in [-0.05, 0) is 59.9 Å². The fraction of sp³-hybridized carbons (Fsp3) is 0.174. The van der Waals surface area contributed by atoms with Crippen LogP contribution in [0, 0.1) is 0 Å². The van der Waals surface area contributed by atoms with Crippen LogP contribution < -0.4 is 0 Å². The Bertz CT molecular complexity index is 1080. The Morgan fingerprint density at radius 3 is 2.26 bits per heavy atom. The average molecular weight is 359 g/mol. The van der Waals surface area contributed by atoms with E-state index in [9.17, 15) is 4.79 Å². The summed E-state index contributed by atoms with van der Waals surface area (Å²) < 4.78 is 6.21. The molecule has 0 unspecified atom stereocenters. The van der Waals surface area contributed by atoms with Gasteiger partial charge in [-0.25, -0.2) is 4.79 Å². The van der Waals surface area contributed by atoms with Gasteiger partial charge in [0, 0.05) is 11.1 Å². The molecule has 0 saturated heterocycles. The minimum Gasteiger partial charge on any atom is -0.478 e. The number of carbonyl (C=O) groups is 1. The predicted octanol–water partition coefficient (Wildman–Crippen LogP) is 5.92. The van der Waals surface area contributed by atoms with E-state index >= 15 is 0 Å². The summed E-state index contributed by atoms with van der Waals surface area (Å²) in [5.41, 5.74) is 6.51. The first-order chi connectivity index (χ1) is 13.1. The first-order valence-corrected chi connectivity index (χ1v) is 9.18. The summed E-state index contributed by atoms with van der Waals surface area (Å²) in [4.78, 5) is 14.4. The number of rotatable bonds is 5. The van der Waals surface area contributed by atoms with Gasteiger partial charge in [0.25, 0.3) is 0 Å². The van der Waals surface area contributed by atoms with E-state index in [2.05, 4.69) is 37.0 Å². The second-order valence-corrected chi connectivity index (χ2v) is 6.61. The highest BCUT2D eigenvalue weighted by Gasteiger charge is 2.14. The van der Waals surface area contributed by atoms with Crippen LogP contribution in [0.25, 0.3) is 33.7 Å². The van der Waals surface area contributed by atoms with Crippen LogP contribution in [-0.4, -0.2) is 16.1 Å². The van der Waals surface area contributed by atoms with E-state index in [1.165, 1.54) is 16.5 Å². The summed E-state index contributed by atoms with van der Waals surface area (Å²) in [5.74, 6) is -0.108. The zero-order chi connectivity index (χ0) is 19.0. The van der Waals surface area contributed by atoms with Gasteiger partial charge in [-0.3, -0.25) is 0 Å². The van der Waals surface area contributed by atoms with Gasteiger partial charge in [-0.2, -0.15) is 0 Å². The molecule has 4 rings (SSSR count).